The quantitative estimate of drug-likeness (QED) is 0.829. The van der Waals surface area contributed by atoms with Gasteiger partial charge in [-0.1, -0.05) is 13.8 Å². The van der Waals surface area contributed by atoms with E-state index in [2.05, 4.69) is 5.32 Å². The van der Waals surface area contributed by atoms with Gasteiger partial charge in [-0.05, 0) is 32.3 Å². The van der Waals surface area contributed by atoms with Crippen LogP contribution in [0.3, 0.4) is 0 Å². The van der Waals surface area contributed by atoms with E-state index in [0.717, 1.165) is 0 Å². The number of furan rings is 1. The number of hydrogen-bond donors (Lipinski definition) is 2. The average molecular weight is 267 g/mol. The summed E-state index contributed by atoms with van der Waals surface area (Å²) in [4.78, 5) is 23.0. The molecule has 1 aromatic heterocycles. The molecule has 1 atom stereocenters. The van der Waals surface area contributed by atoms with Gasteiger partial charge in [0.15, 0.2) is 0 Å². The molecule has 0 saturated heterocycles. The molecule has 106 valence electrons. The molecule has 0 radical (unpaired) electrons. The van der Waals surface area contributed by atoms with Crippen LogP contribution < -0.4 is 5.32 Å². The van der Waals surface area contributed by atoms with Crippen LogP contribution in [0.4, 0.5) is 0 Å². The first-order chi connectivity index (χ1) is 8.81. The molecule has 1 aromatic rings. The lowest BCUT2D eigenvalue weighted by molar-refractivity contribution is -0.142. The summed E-state index contributed by atoms with van der Waals surface area (Å²) in [5.41, 5.74) is 0.464. The number of carboxylic acid groups (broad SMARTS) is 1. The smallest absolute Gasteiger partial charge is 0.308 e. The fraction of sp³-hybridized carbons (Fsp3) is 0.571. The monoisotopic (exact) mass is 267 g/mol. The number of carbonyl (C=O) groups is 2. The van der Waals surface area contributed by atoms with E-state index >= 15 is 0 Å². The highest BCUT2D eigenvalue weighted by molar-refractivity contribution is 5.95. The minimum atomic E-state index is -0.880. The zero-order valence-corrected chi connectivity index (χ0v) is 11.8. The Labute approximate surface area is 113 Å². The first-order valence-electron chi connectivity index (χ1n) is 6.39. The Morgan fingerprint density at radius 1 is 1.37 bits per heavy atom. The van der Waals surface area contributed by atoms with Crippen LogP contribution in [-0.2, 0) is 4.79 Å². The minimum absolute atomic E-state index is 0.135. The van der Waals surface area contributed by atoms with Gasteiger partial charge in [0.05, 0.1) is 11.5 Å². The van der Waals surface area contributed by atoms with Gasteiger partial charge < -0.3 is 14.8 Å². The van der Waals surface area contributed by atoms with E-state index in [1.165, 1.54) is 0 Å². The molecule has 0 aliphatic carbocycles. The lowest BCUT2D eigenvalue weighted by Gasteiger charge is -2.15. The zero-order chi connectivity index (χ0) is 14.6. The van der Waals surface area contributed by atoms with Crippen LogP contribution in [-0.4, -0.2) is 23.5 Å². The lowest BCUT2D eigenvalue weighted by Crippen LogP contribution is -2.33. The summed E-state index contributed by atoms with van der Waals surface area (Å²) in [7, 11) is 0. The van der Waals surface area contributed by atoms with Gasteiger partial charge in [-0.2, -0.15) is 0 Å². The van der Waals surface area contributed by atoms with E-state index < -0.39 is 11.9 Å². The second kappa shape index (κ2) is 6.41. The highest BCUT2D eigenvalue weighted by Gasteiger charge is 2.21. The van der Waals surface area contributed by atoms with Crippen LogP contribution in [0.5, 0.6) is 0 Å². The van der Waals surface area contributed by atoms with Gasteiger partial charge in [0.25, 0.3) is 5.91 Å². The number of carbonyl (C=O) groups excluding carboxylic acids is 1. The molecular formula is C14H21NO4. The maximum Gasteiger partial charge on any atom is 0.308 e. The summed E-state index contributed by atoms with van der Waals surface area (Å²) in [6, 6.07) is 1.66. The summed E-state index contributed by atoms with van der Waals surface area (Å²) >= 11 is 0. The minimum Gasteiger partial charge on any atom is -0.481 e. The summed E-state index contributed by atoms with van der Waals surface area (Å²) in [6.45, 7) is 7.53. The number of aliphatic carboxylic acids is 1. The van der Waals surface area contributed by atoms with Gasteiger partial charge in [-0.15, -0.1) is 0 Å². The molecule has 2 N–H and O–H groups in total. The molecule has 5 nitrogen and oxygen atoms in total. The van der Waals surface area contributed by atoms with Crippen molar-refractivity contribution in [2.24, 2.45) is 11.8 Å². The standard InChI is InChI=1S/C14H21NO4/c1-8(2)5-11(14(17)18)7-15-13(16)12-6-9(3)19-10(12)4/h6,8,11H,5,7H2,1-4H3,(H,15,16)(H,17,18). The Kier molecular flexibility index (Phi) is 5.15. The molecule has 19 heavy (non-hydrogen) atoms. The Hall–Kier alpha value is -1.78. The third-order valence-corrected chi connectivity index (χ3v) is 2.90. The number of rotatable bonds is 6. The maximum atomic E-state index is 11.9. The first kappa shape index (κ1) is 15.3. The molecule has 0 aliphatic heterocycles. The second-order valence-electron chi connectivity index (χ2n) is 5.20. The fourth-order valence-corrected chi connectivity index (χ4v) is 2.01. The number of aryl methyl sites for hydroxylation is 2. The topological polar surface area (TPSA) is 79.5 Å². The summed E-state index contributed by atoms with van der Waals surface area (Å²) in [5, 5.41) is 11.8. The van der Waals surface area contributed by atoms with Crippen molar-refractivity contribution >= 4 is 11.9 Å². The van der Waals surface area contributed by atoms with Crippen molar-refractivity contribution in [2.45, 2.75) is 34.1 Å². The number of nitrogens with one attached hydrogen (secondary N) is 1. The van der Waals surface area contributed by atoms with Gasteiger partial charge in [-0.3, -0.25) is 9.59 Å². The van der Waals surface area contributed by atoms with E-state index in [1.54, 1.807) is 19.9 Å². The Morgan fingerprint density at radius 2 is 2.00 bits per heavy atom. The van der Waals surface area contributed by atoms with E-state index in [4.69, 9.17) is 9.52 Å². The average Bonchev–Trinajstić information content (AvgIpc) is 2.62. The van der Waals surface area contributed by atoms with Gasteiger partial charge in [-0.25, -0.2) is 0 Å². The van der Waals surface area contributed by atoms with Gasteiger partial charge >= 0.3 is 5.97 Å². The van der Waals surface area contributed by atoms with Crippen molar-refractivity contribution < 1.29 is 19.1 Å². The molecule has 0 saturated carbocycles. The Morgan fingerprint density at radius 3 is 2.42 bits per heavy atom. The Bertz CT molecular complexity index is 462. The summed E-state index contributed by atoms with van der Waals surface area (Å²) in [6.07, 6.45) is 0.541. The maximum absolute atomic E-state index is 11.9. The zero-order valence-electron chi connectivity index (χ0n) is 11.8. The molecule has 0 aliphatic rings. The first-order valence-corrected chi connectivity index (χ1v) is 6.39. The van der Waals surface area contributed by atoms with Gasteiger partial charge in [0.2, 0.25) is 0 Å². The number of carboxylic acids is 1. The third kappa shape index (κ3) is 4.43. The highest BCUT2D eigenvalue weighted by Crippen LogP contribution is 2.15. The van der Waals surface area contributed by atoms with E-state index in [0.29, 0.717) is 23.5 Å². The summed E-state index contributed by atoms with van der Waals surface area (Å²) in [5.74, 6) is -0.239. The predicted molar refractivity (Wildman–Crippen MR) is 71.1 cm³/mol. The lowest BCUT2D eigenvalue weighted by atomic mass is 9.97. The van der Waals surface area contributed by atoms with E-state index in [-0.39, 0.29) is 18.4 Å². The highest BCUT2D eigenvalue weighted by atomic mass is 16.4. The molecule has 1 rings (SSSR count). The van der Waals surface area contributed by atoms with Crippen molar-refractivity contribution in [1.29, 1.82) is 0 Å². The SMILES string of the molecule is Cc1cc(C(=O)NCC(CC(C)C)C(=O)O)c(C)o1. The van der Waals surface area contributed by atoms with Gasteiger partial charge in [0, 0.05) is 6.54 Å². The van der Waals surface area contributed by atoms with Crippen LogP contribution in [0.1, 0.15) is 42.1 Å². The van der Waals surface area contributed by atoms with Crippen LogP contribution >= 0.6 is 0 Å². The number of hydrogen-bond acceptors (Lipinski definition) is 3. The van der Waals surface area contributed by atoms with Crippen LogP contribution in [0.2, 0.25) is 0 Å². The molecule has 1 amide bonds. The van der Waals surface area contributed by atoms with E-state index in [1.807, 2.05) is 13.8 Å². The third-order valence-electron chi connectivity index (χ3n) is 2.90. The van der Waals surface area contributed by atoms with E-state index in [9.17, 15) is 9.59 Å². The van der Waals surface area contributed by atoms with Crippen molar-refractivity contribution in [3.8, 4) is 0 Å². The fourth-order valence-electron chi connectivity index (χ4n) is 2.01. The largest absolute Gasteiger partial charge is 0.481 e. The molecule has 0 aromatic carbocycles. The molecule has 0 spiro atoms. The molecule has 1 unspecified atom stereocenters. The second-order valence-corrected chi connectivity index (χ2v) is 5.20. The van der Waals surface area contributed by atoms with Crippen molar-refractivity contribution in [3.05, 3.63) is 23.2 Å². The molecule has 0 bridgehead atoms. The van der Waals surface area contributed by atoms with Crippen LogP contribution in [0.25, 0.3) is 0 Å². The molecule has 5 heteroatoms. The number of amides is 1. The summed E-state index contributed by atoms with van der Waals surface area (Å²) < 4.78 is 5.28. The normalized spacial score (nSPS) is 12.5. The molecule has 1 heterocycles. The van der Waals surface area contributed by atoms with Gasteiger partial charge in [0.1, 0.15) is 11.5 Å². The Balaban J connectivity index is 2.62. The van der Waals surface area contributed by atoms with Crippen molar-refractivity contribution in [1.82, 2.24) is 5.32 Å². The van der Waals surface area contributed by atoms with Crippen LogP contribution in [0, 0.1) is 25.7 Å². The van der Waals surface area contributed by atoms with Crippen LogP contribution in [0.15, 0.2) is 10.5 Å². The van der Waals surface area contributed by atoms with Crippen molar-refractivity contribution in [2.75, 3.05) is 6.54 Å². The predicted octanol–water partition coefficient (Wildman–Crippen LogP) is 2.37. The molecular weight excluding hydrogens is 246 g/mol. The van der Waals surface area contributed by atoms with Crippen molar-refractivity contribution in [3.63, 3.8) is 0 Å². The molecule has 0 fully saturated rings.